The van der Waals surface area contributed by atoms with Crippen LogP contribution in [0.25, 0.3) is 10.4 Å². The molecule has 0 saturated heterocycles. The third kappa shape index (κ3) is 2.29. The highest BCUT2D eigenvalue weighted by atomic mass is 32.1. The van der Waals surface area contributed by atoms with Crippen molar-refractivity contribution in [1.82, 2.24) is 0 Å². The van der Waals surface area contributed by atoms with Gasteiger partial charge in [-0.1, -0.05) is 12.1 Å². The molecule has 2 aromatic rings. The van der Waals surface area contributed by atoms with Crippen molar-refractivity contribution in [2.75, 3.05) is 12.8 Å². The number of hydrogen-bond donors (Lipinski definition) is 1. The van der Waals surface area contributed by atoms with Crippen LogP contribution in [0.5, 0.6) is 0 Å². The average Bonchev–Trinajstić information content (AvgIpc) is 2.71. The van der Waals surface area contributed by atoms with E-state index < -0.39 is 5.97 Å². The molecule has 17 heavy (non-hydrogen) atoms. The molecule has 1 aromatic heterocycles. The van der Waals surface area contributed by atoms with E-state index in [1.165, 1.54) is 30.6 Å². The van der Waals surface area contributed by atoms with Gasteiger partial charge in [0.1, 0.15) is 10.7 Å². The van der Waals surface area contributed by atoms with Crippen LogP contribution in [0.15, 0.2) is 30.3 Å². The van der Waals surface area contributed by atoms with Gasteiger partial charge in [-0.25, -0.2) is 9.18 Å². The second-order valence-electron chi connectivity index (χ2n) is 3.39. The molecule has 0 aliphatic carbocycles. The Bertz CT molecular complexity index is 548. The van der Waals surface area contributed by atoms with Crippen LogP contribution in [-0.2, 0) is 4.74 Å². The lowest BCUT2D eigenvalue weighted by atomic mass is 10.2. The summed E-state index contributed by atoms with van der Waals surface area (Å²) < 4.78 is 17.4. The molecule has 0 bridgehead atoms. The zero-order valence-electron chi connectivity index (χ0n) is 9.07. The molecular weight excluding hydrogens is 241 g/mol. The van der Waals surface area contributed by atoms with Crippen LogP contribution in [0.2, 0.25) is 0 Å². The highest BCUT2D eigenvalue weighted by Gasteiger charge is 2.15. The molecule has 2 N–H and O–H groups in total. The smallest absolute Gasteiger partial charge is 0.350 e. The van der Waals surface area contributed by atoms with Crippen molar-refractivity contribution in [3.63, 3.8) is 0 Å². The molecule has 0 unspecified atom stereocenters. The Kier molecular flexibility index (Phi) is 3.10. The number of benzene rings is 1. The summed E-state index contributed by atoms with van der Waals surface area (Å²) in [6.45, 7) is 0. The van der Waals surface area contributed by atoms with Crippen LogP contribution >= 0.6 is 11.3 Å². The third-order valence-corrected chi connectivity index (χ3v) is 3.44. The van der Waals surface area contributed by atoms with Crippen LogP contribution in [0.4, 0.5) is 10.1 Å². The van der Waals surface area contributed by atoms with Gasteiger partial charge < -0.3 is 10.5 Å². The number of carbonyl (C=O) groups excluding carboxylic acids is 1. The molecule has 1 aromatic carbocycles. The molecule has 3 nitrogen and oxygen atoms in total. The molecular formula is C12H10FNO2S. The number of anilines is 1. The van der Waals surface area contributed by atoms with E-state index in [1.807, 2.05) is 0 Å². The van der Waals surface area contributed by atoms with Crippen LogP contribution < -0.4 is 5.73 Å². The number of rotatable bonds is 2. The van der Waals surface area contributed by atoms with Crippen LogP contribution in [0, 0.1) is 5.82 Å². The number of methoxy groups -OCH3 is 1. The molecule has 0 atom stereocenters. The highest BCUT2D eigenvalue weighted by molar-refractivity contribution is 7.18. The van der Waals surface area contributed by atoms with Gasteiger partial charge in [0, 0.05) is 4.88 Å². The normalized spacial score (nSPS) is 10.2. The summed E-state index contributed by atoms with van der Waals surface area (Å²) in [4.78, 5) is 12.6. The Labute approximate surface area is 102 Å². The van der Waals surface area contributed by atoms with Gasteiger partial charge in [-0.05, 0) is 23.8 Å². The van der Waals surface area contributed by atoms with Gasteiger partial charge in [-0.2, -0.15) is 0 Å². The van der Waals surface area contributed by atoms with E-state index in [9.17, 15) is 9.18 Å². The minimum Gasteiger partial charge on any atom is -0.465 e. The van der Waals surface area contributed by atoms with Crippen molar-refractivity contribution < 1.29 is 13.9 Å². The second kappa shape index (κ2) is 4.55. The monoisotopic (exact) mass is 251 g/mol. The second-order valence-corrected chi connectivity index (χ2v) is 4.45. The first-order valence-corrected chi connectivity index (χ1v) is 5.67. The van der Waals surface area contributed by atoms with E-state index >= 15 is 0 Å². The van der Waals surface area contributed by atoms with E-state index in [4.69, 9.17) is 5.73 Å². The van der Waals surface area contributed by atoms with E-state index in [2.05, 4.69) is 4.74 Å². The number of thiophene rings is 1. The molecule has 0 spiro atoms. The summed E-state index contributed by atoms with van der Waals surface area (Å²) in [6.07, 6.45) is 0. The van der Waals surface area contributed by atoms with E-state index in [0.29, 0.717) is 10.6 Å². The standard InChI is InChI=1S/C12H10FNO2S/c1-16-12(15)11-9(14)6-10(17-11)7-2-4-8(13)5-3-7/h2-6H,14H2,1H3. The molecule has 5 heteroatoms. The lowest BCUT2D eigenvalue weighted by Crippen LogP contribution is -2.00. The number of halogens is 1. The topological polar surface area (TPSA) is 52.3 Å². The van der Waals surface area contributed by atoms with Crippen LogP contribution in [-0.4, -0.2) is 13.1 Å². The molecule has 0 aliphatic heterocycles. The summed E-state index contributed by atoms with van der Waals surface area (Å²) in [5.74, 6) is -0.757. The minimum atomic E-state index is -0.458. The lowest BCUT2D eigenvalue weighted by Gasteiger charge is -1.96. The SMILES string of the molecule is COC(=O)c1sc(-c2ccc(F)cc2)cc1N. The molecule has 0 aliphatic rings. The van der Waals surface area contributed by atoms with Gasteiger partial charge >= 0.3 is 5.97 Å². The Morgan fingerprint density at radius 3 is 2.59 bits per heavy atom. The van der Waals surface area contributed by atoms with Crippen molar-refractivity contribution in [2.45, 2.75) is 0 Å². The number of esters is 1. The van der Waals surface area contributed by atoms with Crippen molar-refractivity contribution >= 4 is 23.0 Å². The van der Waals surface area contributed by atoms with Crippen molar-refractivity contribution in [2.24, 2.45) is 0 Å². The fourth-order valence-corrected chi connectivity index (χ4v) is 2.42. The van der Waals surface area contributed by atoms with Gasteiger partial charge in [0.15, 0.2) is 0 Å². The maximum Gasteiger partial charge on any atom is 0.350 e. The van der Waals surface area contributed by atoms with Gasteiger partial charge in [0.2, 0.25) is 0 Å². The Morgan fingerprint density at radius 2 is 2.00 bits per heavy atom. The Hall–Kier alpha value is -1.88. The van der Waals surface area contributed by atoms with Crippen molar-refractivity contribution in [3.8, 4) is 10.4 Å². The van der Waals surface area contributed by atoms with Crippen LogP contribution in [0.3, 0.4) is 0 Å². The van der Waals surface area contributed by atoms with Gasteiger partial charge in [0.25, 0.3) is 0 Å². The largest absolute Gasteiger partial charge is 0.465 e. The summed E-state index contributed by atoms with van der Waals surface area (Å²) in [5.41, 5.74) is 6.91. The lowest BCUT2D eigenvalue weighted by molar-refractivity contribution is 0.0607. The van der Waals surface area contributed by atoms with Gasteiger partial charge in [0.05, 0.1) is 12.8 Å². The van der Waals surface area contributed by atoms with Crippen molar-refractivity contribution in [3.05, 3.63) is 41.0 Å². The zero-order chi connectivity index (χ0) is 12.4. The number of nitrogen functional groups attached to an aromatic ring is 1. The maximum atomic E-state index is 12.8. The van der Waals surface area contributed by atoms with Gasteiger partial charge in [-0.15, -0.1) is 11.3 Å². The van der Waals surface area contributed by atoms with Crippen LogP contribution in [0.1, 0.15) is 9.67 Å². The predicted octanol–water partition coefficient (Wildman–Crippen LogP) is 2.92. The first-order valence-electron chi connectivity index (χ1n) is 4.85. The highest BCUT2D eigenvalue weighted by Crippen LogP contribution is 2.33. The molecule has 2 rings (SSSR count). The fourth-order valence-electron chi connectivity index (χ4n) is 1.41. The maximum absolute atomic E-state index is 12.8. The first kappa shape index (κ1) is 11.6. The fraction of sp³-hybridized carbons (Fsp3) is 0.0833. The Balaban J connectivity index is 2.41. The third-order valence-electron chi connectivity index (χ3n) is 2.26. The number of hydrogen-bond acceptors (Lipinski definition) is 4. The van der Waals surface area contributed by atoms with Gasteiger partial charge in [-0.3, -0.25) is 0 Å². The number of ether oxygens (including phenoxy) is 1. The molecule has 1 heterocycles. The average molecular weight is 251 g/mol. The molecule has 0 radical (unpaired) electrons. The van der Waals surface area contributed by atoms with E-state index in [-0.39, 0.29) is 5.82 Å². The molecule has 0 saturated carbocycles. The molecule has 0 amide bonds. The summed E-state index contributed by atoms with van der Waals surface area (Å²) >= 11 is 1.23. The van der Waals surface area contributed by atoms with E-state index in [0.717, 1.165) is 10.4 Å². The Morgan fingerprint density at radius 1 is 1.35 bits per heavy atom. The summed E-state index contributed by atoms with van der Waals surface area (Å²) in [5, 5.41) is 0. The molecule has 88 valence electrons. The first-order chi connectivity index (χ1) is 8.11. The zero-order valence-corrected chi connectivity index (χ0v) is 9.88. The van der Waals surface area contributed by atoms with E-state index in [1.54, 1.807) is 18.2 Å². The molecule has 0 fully saturated rings. The minimum absolute atomic E-state index is 0.300. The number of carbonyl (C=O) groups is 1. The quantitative estimate of drug-likeness (QED) is 0.835. The predicted molar refractivity (Wildman–Crippen MR) is 65.5 cm³/mol. The van der Waals surface area contributed by atoms with Crippen molar-refractivity contribution in [1.29, 1.82) is 0 Å². The number of nitrogens with two attached hydrogens (primary N) is 1. The summed E-state index contributed by atoms with van der Waals surface area (Å²) in [6, 6.07) is 7.69. The summed E-state index contributed by atoms with van der Waals surface area (Å²) in [7, 11) is 1.30.